The maximum atomic E-state index is 12.1. The first kappa shape index (κ1) is 15.3. The van der Waals surface area contributed by atoms with Crippen molar-refractivity contribution in [3.8, 4) is 11.5 Å². The van der Waals surface area contributed by atoms with Crippen molar-refractivity contribution >= 4 is 23.0 Å². The van der Waals surface area contributed by atoms with Crippen LogP contribution >= 0.6 is 0 Å². The topological polar surface area (TPSA) is 75.7 Å². The van der Waals surface area contributed by atoms with E-state index >= 15 is 0 Å². The van der Waals surface area contributed by atoms with Crippen LogP contribution in [0.5, 0.6) is 11.5 Å². The third-order valence-corrected chi connectivity index (χ3v) is 3.99. The number of hydrogen-bond acceptors (Lipinski definition) is 4. The highest BCUT2D eigenvalue weighted by Crippen LogP contribution is 2.30. The van der Waals surface area contributed by atoms with E-state index < -0.39 is 0 Å². The molecule has 1 aliphatic heterocycles. The van der Waals surface area contributed by atoms with E-state index in [2.05, 4.69) is 15.5 Å². The number of benzene rings is 2. The van der Waals surface area contributed by atoms with E-state index in [4.69, 9.17) is 9.47 Å². The van der Waals surface area contributed by atoms with Gasteiger partial charge in [-0.3, -0.25) is 4.79 Å². The normalized spacial score (nSPS) is 13.3. The van der Waals surface area contributed by atoms with E-state index in [1.54, 1.807) is 6.21 Å². The van der Waals surface area contributed by atoms with Gasteiger partial charge in [0.15, 0.2) is 11.5 Å². The summed E-state index contributed by atoms with van der Waals surface area (Å²) >= 11 is 0. The van der Waals surface area contributed by atoms with Crippen LogP contribution in [0, 0.1) is 0 Å². The largest absolute Gasteiger partial charge is 0.486 e. The number of aromatic amines is 1. The maximum Gasteiger partial charge on any atom is 0.244 e. The molecule has 0 fully saturated rings. The molecule has 2 aromatic carbocycles. The van der Waals surface area contributed by atoms with Gasteiger partial charge in [-0.25, -0.2) is 5.43 Å². The highest BCUT2D eigenvalue weighted by atomic mass is 16.6. The lowest BCUT2D eigenvalue weighted by Gasteiger charge is -2.18. The van der Waals surface area contributed by atoms with E-state index in [0.717, 1.165) is 22.0 Å². The van der Waals surface area contributed by atoms with Crippen LogP contribution in [0.15, 0.2) is 53.8 Å². The summed E-state index contributed by atoms with van der Waals surface area (Å²) in [6.07, 6.45) is 3.73. The second-order valence-electron chi connectivity index (χ2n) is 5.74. The average molecular weight is 335 g/mol. The minimum Gasteiger partial charge on any atom is -0.486 e. The standard InChI is InChI=1S/C19H17N3O3/c23-19(10-13-5-6-17-18(9-13)25-8-7-24-17)22-21-12-14-11-20-16-4-2-1-3-15(14)16/h1-6,9,11-12,20H,7-8,10H2,(H,22,23)/b21-12+. The summed E-state index contributed by atoms with van der Waals surface area (Å²) in [6, 6.07) is 13.4. The molecule has 0 saturated heterocycles. The van der Waals surface area contributed by atoms with Gasteiger partial charge in [0.1, 0.15) is 13.2 Å². The second kappa shape index (κ2) is 6.68. The van der Waals surface area contributed by atoms with Crippen LogP contribution in [-0.2, 0) is 11.2 Å². The van der Waals surface area contributed by atoms with Crippen molar-refractivity contribution in [2.45, 2.75) is 6.42 Å². The third-order valence-electron chi connectivity index (χ3n) is 3.99. The SMILES string of the molecule is O=C(Cc1ccc2c(c1)OCCO2)N/N=C/c1c[nH]c2ccccc12. The Morgan fingerprint density at radius 1 is 1.16 bits per heavy atom. The Morgan fingerprint density at radius 2 is 2.00 bits per heavy atom. The summed E-state index contributed by atoms with van der Waals surface area (Å²) in [7, 11) is 0. The summed E-state index contributed by atoms with van der Waals surface area (Å²) in [5.74, 6) is 1.21. The molecule has 0 atom stereocenters. The van der Waals surface area contributed by atoms with Crippen LogP contribution in [0.25, 0.3) is 10.9 Å². The second-order valence-corrected chi connectivity index (χ2v) is 5.74. The lowest BCUT2D eigenvalue weighted by Crippen LogP contribution is -2.20. The Labute approximate surface area is 144 Å². The average Bonchev–Trinajstić information content (AvgIpc) is 3.05. The van der Waals surface area contributed by atoms with E-state index in [1.165, 1.54) is 0 Å². The number of H-pyrrole nitrogens is 1. The summed E-state index contributed by atoms with van der Waals surface area (Å²) in [6.45, 7) is 1.08. The van der Waals surface area contributed by atoms with Gasteiger partial charge >= 0.3 is 0 Å². The molecule has 25 heavy (non-hydrogen) atoms. The number of hydrazone groups is 1. The van der Waals surface area contributed by atoms with Crippen molar-refractivity contribution in [3.05, 3.63) is 59.8 Å². The van der Waals surface area contributed by atoms with Crippen LogP contribution < -0.4 is 14.9 Å². The minimum absolute atomic E-state index is 0.187. The zero-order valence-electron chi connectivity index (χ0n) is 13.5. The first-order valence-corrected chi connectivity index (χ1v) is 8.06. The minimum atomic E-state index is -0.187. The Kier molecular flexibility index (Phi) is 4.08. The number of nitrogens with zero attached hydrogens (tertiary/aromatic N) is 1. The molecule has 0 saturated carbocycles. The van der Waals surface area contributed by atoms with Gasteiger partial charge in [0.05, 0.1) is 12.6 Å². The molecule has 1 aliphatic rings. The number of carbonyl (C=O) groups is 1. The van der Waals surface area contributed by atoms with Crippen molar-refractivity contribution in [1.82, 2.24) is 10.4 Å². The highest BCUT2D eigenvalue weighted by Gasteiger charge is 2.13. The molecule has 0 aliphatic carbocycles. The molecule has 0 bridgehead atoms. The van der Waals surface area contributed by atoms with Gasteiger partial charge in [-0.15, -0.1) is 0 Å². The summed E-state index contributed by atoms with van der Waals surface area (Å²) < 4.78 is 11.0. The Morgan fingerprint density at radius 3 is 2.92 bits per heavy atom. The fourth-order valence-corrected chi connectivity index (χ4v) is 2.80. The number of ether oxygens (including phenoxy) is 2. The summed E-state index contributed by atoms with van der Waals surface area (Å²) in [5.41, 5.74) is 5.37. The zero-order valence-corrected chi connectivity index (χ0v) is 13.5. The van der Waals surface area contributed by atoms with Crippen LogP contribution in [-0.4, -0.2) is 30.3 Å². The predicted octanol–water partition coefficient (Wildman–Crippen LogP) is 2.63. The molecule has 0 spiro atoms. The maximum absolute atomic E-state index is 12.1. The molecule has 0 unspecified atom stereocenters. The van der Waals surface area contributed by atoms with Gasteiger partial charge in [-0.05, 0) is 23.8 Å². The van der Waals surface area contributed by atoms with Crippen LogP contribution in [0.4, 0.5) is 0 Å². The number of hydrogen-bond donors (Lipinski definition) is 2. The number of aromatic nitrogens is 1. The predicted molar refractivity (Wildman–Crippen MR) is 95.2 cm³/mol. The highest BCUT2D eigenvalue weighted by molar-refractivity contribution is 5.99. The molecule has 3 aromatic rings. The van der Waals surface area contributed by atoms with Crippen molar-refractivity contribution in [3.63, 3.8) is 0 Å². The number of fused-ring (bicyclic) bond motifs is 2. The molecule has 4 rings (SSSR count). The van der Waals surface area contributed by atoms with Gasteiger partial charge in [-0.1, -0.05) is 24.3 Å². The summed E-state index contributed by atoms with van der Waals surface area (Å²) in [5, 5.41) is 5.11. The summed E-state index contributed by atoms with van der Waals surface area (Å²) in [4.78, 5) is 15.2. The molecule has 1 aromatic heterocycles. The van der Waals surface area contributed by atoms with Gasteiger partial charge < -0.3 is 14.5 Å². The van der Waals surface area contributed by atoms with Gasteiger partial charge in [0.2, 0.25) is 5.91 Å². The van der Waals surface area contributed by atoms with Crippen LogP contribution in [0.2, 0.25) is 0 Å². The number of amides is 1. The van der Waals surface area contributed by atoms with Gasteiger partial charge in [-0.2, -0.15) is 5.10 Å². The fourth-order valence-electron chi connectivity index (χ4n) is 2.80. The number of nitrogens with one attached hydrogen (secondary N) is 2. The van der Waals surface area contributed by atoms with Crippen molar-refractivity contribution in [2.75, 3.05) is 13.2 Å². The molecule has 1 amide bonds. The number of rotatable bonds is 4. The molecule has 2 heterocycles. The van der Waals surface area contributed by atoms with Crippen molar-refractivity contribution in [1.29, 1.82) is 0 Å². The molecular formula is C19H17N3O3. The van der Waals surface area contributed by atoms with Gasteiger partial charge in [0, 0.05) is 22.7 Å². The third kappa shape index (κ3) is 3.33. The quantitative estimate of drug-likeness (QED) is 0.568. The van der Waals surface area contributed by atoms with E-state index in [1.807, 2.05) is 48.7 Å². The zero-order chi connectivity index (χ0) is 17.1. The van der Waals surface area contributed by atoms with Crippen LogP contribution in [0.1, 0.15) is 11.1 Å². The molecule has 2 N–H and O–H groups in total. The molecular weight excluding hydrogens is 318 g/mol. The Balaban J connectivity index is 1.39. The number of carbonyl (C=O) groups excluding carboxylic acids is 1. The lowest BCUT2D eigenvalue weighted by atomic mass is 10.1. The first-order valence-electron chi connectivity index (χ1n) is 8.06. The van der Waals surface area contributed by atoms with Crippen LogP contribution in [0.3, 0.4) is 0 Å². The monoisotopic (exact) mass is 335 g/mol. The first-order chi connectivity index (χ1) is 12.3. The van der Waals surface area contributed by atoms with E-state index in [-0.39, 0.29) is 12.3 Å². The Hall–Kier alpha value is -3.28. The Bertz CT molecular complexity index is 946. The molecule has 126 valence electrons. The van der Waals surface area contributed by atoms with Crippen molar-refractivity contribution in [2.24, 2.45) is 5.10 Å². The lowest BCUT2D eigenvalue weighted by molar-refractivity contribution is -0.120. The van der Waals surface area contributed by atoms with Crippen molar-refractivity contribution < 1.29 is 14.3 Å². The molecule has 6 heteroatoms. The van der Waals surface area contributed by atoms with Gasteiger partial charge in [0.25, 0.3) is 0 Å². The van der Waals surface area contributed by atoms with E-state index in [9.17, 15) is 4.79 Å². The molecule has 6 nitrogen and oxygen atoms in total. The number of para-hydroxylation sites is 1. The fraction of sp³-hybridized carbons (Fsp3) is 0.158. The molecule has 0 radical (unpaired) electrons. The van der Waals surface area contributed by atoms with E-state index in [0.29, 0.717) is 24.7 Å². The smallest absolute Gasteiger partial charge is 0.244 e.